The average molecular weight is 271 g/mol. The van der Waals surface area contributed by atoms with E-state index in [-0.39, 0.29) is 6.42 Å². The van der Waals surface area contributed by atoms with Crippen LogP contribution in [0.1, 0.15) is 26.5 Å². The lowest BCUT2D eigenvalue weighted by atomic mass is 10.2. The molecule has 1 N–H and O–H groups in total. The number of carbonyl (C=O) groups is 2. The molecule has 1 aromatic rings. The number of amides is 1. The third-order valence-corrected chi connectivity index (χ3v) is 2.51. The van der Waals surface area contributed by atoms with E-state index in [0.717, 1.165) is 0 Å². The van der Waals surface area contributed by atoms with Gasteiger partial charge in [-0.3, -0.25) is 0 Å². The minimum atomic E-state index is -1.37. The van der Waals surface area contributed by atoms with Crippen LogP contribution in [0.5, 0.6) is 0 Å². The predicted molar refractivity (Wildman–Crippen MR) is 64.0 cm³/mol. The van der Waals surface area contributed by atoms with Gasteiger partial charge < -0.3 is 20.0 Å². The van der Waals surface area contributed by atoms with E-state index in [1.54, 1.807) is 31.7 Å². The molecule has 0 aliphatic rings. The number of carbonyl (C=O) groups excluding carboxylic acids is 2. The molecule has 0 aliphatic heterocycles. The predicted octanol–water partition coefficient (Wildman–Crippen LogP) is 0.329. The van der Waals surface area contributed by atoms with Crippen LogP contribution in [0.2, 0.25) is 0 Å². The van der Waals surface area contributed by atoms with Crippen molar-refractivity contribution in [3.05, 3.63) is 16.6 Å². The van der Waals surface area contributed by atoms with E-state index >= 15 is 0 Å². The molecule has 100 valence electrons. The summed E-state index contributed by atoms with van der Waals surface area (Å²) in [6.07, 6.45) is -0.711. The average Bonchev–Trinajstić information content (AvgIpc) is 2.66. The number of rotatable bonds is 4. The number of thiazole rings is 1. The van der Waals surface area contributed by atoms with Gasteiger partial charge in [-0.25, -0.2) is 9.78 Å². The van der Waals surface area contributed by atoms with E-state index in [0.29, 0.717) is 5.69 Å². The summed E-state index contributed by atoms with van der Waals surface area (Å²) in [5.41, 5.74) is 1.50. The Morgan fingerprint density at radius 2 is 2.22 bits per heavy atom. The molecule has 0 bridgehead atoms. The fourth-order valence-electron chi connectivity index (χ4n) is 1.19. The summed E-state index contributed by atoms with van der Waals surface area (Å²) < 4.78 is 4.98. The van der Waals surface area contributed by atoms with Crippen LogP contribution in [0, 0.1) is 0 Å². The fraction of sp³-hybridized carbons (Fsp3) is 0.545. The van der Waals surface area contributed by atoms with Crippen molar-refractivity contribution >= 4 is 23.4 Å². The van der Waals surface area contributed by atoms with Crippen molar-refractivity contribution in [2.45, 2.75) is 38.8 Å². The molecule has 6 nitrogen and oxygen atoms in total. The Bertz CT molecular complexity index is 411. The lowest BCUT2D eigenvalue weighted by Gasteiger charge is -2.23. The molecule has 1 amide bonds. The molecule has 0 saturated carbocycles. The highest BCUT2D eigenvalue weighted by Crippen LogP contribution is 2.08. The third kappa shape index (κ3) is 5.13. The maximum Gasteiger partial charge on any atom is 0.408 e. The first-order valence-electron chi connectivity index (χ1n) is 5.35. The minimum Gasteiger partial charge on any atom is -0.548 e. The van der Waals surface area contributed by atoms with Gasteiger partial charge in [0.15, 0.2) is 0 Å². The van der Waals surface area contributed by atoms with Crippen LogP contribution in [0.25, 0.3) is 0 Å². The highest BCUT2D eigenvalue weighted by molar-refractivity contribution is 7.07. The largest absolute Gasteiger partial charge is 0.548 e. The van der Waals surface area contributed by atoms with Gasteiger partial charge in [0, 0.05) is 11.8 Å². The molecule has 1 heterocycles. The van der Waals surface area contributed by atoms with Gasteiger partial charge in [-0.15, -0.1) is 11.3 Å². The summed E-state index contributed by atoms with van der Waals surface area (Å²) in [4.78, 5) is 26.3. The maximum atomic E-state index is 11.5. The Labute approximate surface area is 109 Å². The quantitative estimate of drug-likeness (QED) is 0.852. The zero-order valence-corrected chi connectivity index (χ0v) is 11.2. The summed E-state index contributed by atoms with van der Waals surface area (Å²) in [7, 11) is 0. The van der Waals surface area contributed by atoms with Crippen LogP contribution in [0.15, 0.2) is 10.9 Å². The second kappa shape index (κ2) is 5.81. The smallest absolute Gasteiger partial charge is 0.408 e. The van der Waals surface area contributed by atoms with Crippen LogP contribution < -0.4 is 10.4 Å². The Balaban J connectivity index is 2.58. The summed E-state index contributed by atoms with van der Waals surface area (Å²) in [5, 5.41) is 14.9. The van der Waals surface area contributed by atoms with Gasteiger partial charge in [0.1, 0.15) is 5.60 Å². The molecule has 0 aromatic carbocycles. The Morgan fingerprint density at radius 1 is 1.56 bits per heavy atom. The van der Waals surface area contributed by atoms with E-state index in [1.165, 1.54) is 11.3 Å². The van der Waals surface area contributed by atoms with Gasteiger partial charge in [0.05, 0.1) is 23.2 Å². The molecule has 1 atom stereocenters. The highest BCUT2D eigenvalue weighted by Gasteiger charge is 2.20. The summed E-state index contributed by atoms with van der Waals surface area (Å²) in [6.45, 7) is 5.09. The molecule has 1 aromatic heterocycles. The number of carboxylic acid groups (broad SMARTS) is 1. The van der Waals surface area contributed by atoms with Gasteiger partial charge in [-0.1, -0.05) is 0 Å². The monoisotopic (exact) mass is 271 g/mol. The SMILES string of the molecule is CC(C)(C)OC(=O)N[C@H](Cc1cscn1)C(=O)[O-]. The second-order valence-corrected chi connectivity index (χ2v) is 5.42. The van der Waals surface area contributed by atoms with E-state index in [2.05, 4.69) is 10.3 Å². The van der Waals surface area contributed by atoms with Crippen LogP contribution in [-0.4, -0.2) is 28.7 Å². The van der Waals surface area contributed by atoms with Crippen molar-refractivity contribution < 1.29 is 19.4 Å². The summed E-state index contributed by atoms with van der Waals surface area (Å²) in [6, 6.07) is -1.15. The Hall–Kier alpha value is -1.63. The molecular weight excluding hydrogens is 256 g/mol. The van der Waals surface area contributed by atoms with E-state index in [9.17, 15) is 14.7 Å². The first-order valence-corrected chi connectivity index (χ1v) is 6.29. The van der Waals surface area contributed by atoms with Crippen LogP contribution >= 0.6 is 11.3 Å². The van der Waals surface area contributed by atoms with Crippen molar-refractivity contribution in [3.8, 4) is 0 Å². The van der Waals surface area contributed by atoms with Crippen molar-refractivity contribution in [1.82, 2.24) is 10.3 Å². The molecular formula is C11H15N2O4S-. The summed E-state index contributed by atoms with van der Waals surface area (Å²) >= 11 is 1.35. The molecule has 7 heteroatoms. The first kappa shape index (κ1) is 14.4. The molecule has 18 heavy (non-hydrogen) atoms. The topological polar surface area (TPSA) is 91.3 Å². The molecule has 0 aliphatic carbocycles. The third-order valence-electron chi connectivity index (χ3n) is 1.87. The lowest BCUT2D eigenvalue weighted by Crippen LogP contribution is -2.50. The number of hydrogen-bond acceptors (Lipinski definition) is 6. The van der Waals surface area contributed by atoms with Gasteiger partial charge >= 0.3 is 6.09 Å². The van der Waals surface area contributed by atoms with E-state index < -0.39 is 23.7 Å². The van der Waals surface area contributed by atoms with Gasteiger partial charge in [-0.2, -0.15) is 0 Å². The van der Waals surface area contributed by atoms with Gasteiger partial charge in [0.25, 0.3) is 0 Å². The standard InChI is InChI=1S/C11H16N2O4S/c1-11(2,3)17-10(16)13-8(9(14)15)4-7-5-18-6-12-7/h5-6,8H,4H2,1-3H3,(H,13,16)(H,14,15)/p-1/t8-/m1/s1. The molecule has 1 rings (SSSR count). The zero-order valence-electron chi connectivity index (χ0n) is 10.4. The Kier molecular flexibility index (Phi) is 4.66. The number of ether oxygens (including phenoxy) is 1. The highest BCUT2D eigenvalue weighted by atomic mass is 32.1. The second-order valence-electron chi connectivity index (χ2n) is 4.70. The number of hydrogen-bond donors (Lipinski definition) is 1. The Morgan fingerprint density at radius 3 is 2.67 bits per heavy atom. The van der Waals surface area contributed by atoms with Gasteiger partial charge in [0.2, 0.25) is 0 Å². The van der Waals surface area contributed by atoms with E-state index in [1.807, 2.05) is 0 Å². The first-order chi connectivity index (χ1) is 8.28. The van der Waals surface area contributed by atoms with Crippen LogP contribution in [0.3, 0.4) is 0 Å². The number of aromatic nitrogens is 1. The number of nitrogens with zero attached hydrogens (tertiary/aromatic N) is 1. The molecule has 0 spiro atoms. The molecule has 0 fully saturated rings. The molecule has 0 radical (unpaired) electrons. The zero-order chi connectivity index (χ0) is 13.8. The lowest BCUT2D eigenvalue weighted by molar-refractivity contribution is -0.308. The number of aliphatic carboxylic acids is 1. The van der Waals surface area contributed by atoms with Crippen molar-refractivity contribution in [2.24, 2.45) is 0 Å². The van der Waals surface area contributed by atoms with Crippen molar-refractivity contribution in [1.29, 1.82) is 0 Å². The van der Waals surface area contributed by atoms with Crippen molar-refractivity contribution in [3.63, 3.8) is 0 Å². The number of nitrogens with one attached hydrogen (secondary N) is 1. The molecule has 0 saturated heterocycles. The van der Waals surface area contributed by atoms with Crippen LogP contribution in [0.4, 0.5) is 4.79 Å². The number of carboxylic acids is 1. The minimum absolute atomic E-state index is 0.0745. The maximum absolute atomic E-state index is 11.5. The van der Waals surface area contributed by atoms with E-state index in [4.69, 9.17) is 4.74 Å². The fourth-order valence-corrected chi connectivity index (χ4v) is 1.76. The number of alkyl carbamates (subject to hydrolysis) is 1. The summed E-state index contributed by atoms with van der Waals surface area (Å²) in [5.74, 6) is -1.37. The molecule has 0 unspecified atom stereocenters. The van der Waals surface area contributed by atoms with Gasteiger partial charge in [-0.05, 0) is 20.8 Å². The normalized spacial score (nSPS) is 12.8. The van der Waals surface area contributed by atoms with Crippen LogP contribution in [-0.2, 0) is 16.0 Å². The van der Waals surface area contributed by atoms with Crippen molar-refractivity contribution in [2.75, 3.05) is 0 Å².